The van der Waals surface area contributed by atoms with Crippen molar-refractivity contribution < 1.29 is 14.0 Å². The Bertz CT molecular complexity index is 732. The minimum absolute atomic E-state index is 0.0787. The molecule has 0 radical (unpaired) electrons. The lowest BCUT2D eigenvalue weighted by atomic mass is 10.2. The zero-order valence-electron chi connectivity index (χ0n) is 12.8. The van der Waals surface area contributed by atoms with Gasteiger partial charge in [-0.3, -0.25) is 9.59 Å². The third kappa shape index (κ3) is 4.63. The molecule has 120 valence electrons. The van der Waals surface area contributed by atoms with Crippen LogP contribution in [0.5, 0.6) is 0 Å². The normalized spacial score (nSPS) is 10.3. The average Bonchev–Trinajstić information content (AvgIpc) is 2.51. The van der Waals surface area contributed by atoms with Crippen LogP contribution in [0.25, 0.3) is 0 Å². The fourth-order valence-corrected chi connectivity index (χ4v) is 2.35. The molecule has 2 aromatic rings. The molecule has 2 amide bonds. The average molecular weight is 379 g/mol. The fourth-order valence-electron chi connectivity index (χ4n) is 1.99. The number of anilines is 1. The fraction of sp³-hybridized carbons (Fsp3) is 0.176. The van der Waals surface area contributed by atoms with Crippen LogP contribution in [-0.2, 0) is 4.79 Å². The van der Waals surface area contributed by atoms with Gasteiger partial charge in [-0.2, -0.15) is 0 Å². The van der Waals surface area contributed by atoms with Crippen molar-refractivity contribution in [2.75, 3.05) is 18.9 Å². The molecule has 0 spiro atoms. The molecule has 0 saturated heterocycles. The third-order valence-electron chi connectivity index (χ3n) is 3.22. The number of nitrogens with one attached hydrogen (secondary N) is 1. The van der Waals surface area contributed by atoms with Gasteiger partial charge in [-0.1, -0.05) is 33.6 Å². The molecular weight excluding hydrogens is 363 g/mol. The van der Waals surface area contributed by atoms with Crippen LogP contribution >= 0.6 is 15.9 Å². The topological polar surface area (TPSA) is 49.4 Å². The summed E-state index contributed by atoms with van der Waals surface area (Å²) in [6.07, 6.45) is 0. The van der Waals surface area contributed by atoms with Crippen molar-refractivity contribution in [1.82, 2.24) is 4.90 Å². The minimum Gasteiger partial charge on any atom is -0.332 e. The van der Waals surface area contributed by atoms with E-state index in [-0.39, 0.29) is 18.0 Å². The SMILES string of the molecule is Cc1ccc(NC(=O)CN(C)C(=O)c2cc(Br)ccc2F)cc1. The first kappa shape index (κ1) is 17.1. The molecule has 0 aliphatic carbocycles. The Labute approximate surface area is 142 Å². The minimum atomic E-state index is -0.621. The monoisotopic (exact) mass is 378 g/mol. The van der Waals surface area contributed by atoms with Gasteiger partial charge in [0.25, 0.3) is 5.91 Å². The number of nitrogens with zero attached hydrogens (tertiary/aromatic N) is 1. The van der Waals surface area contributed by atoms with Gasteiger partial charge in [0, 0.05) is 17.2 Å². The number of likely N-dealkylation sites (N-methyl/N-ethyl adjacent to an activating group) is 1. The third-order valence-corrected chi connectivity index (χ3v) is 3.71. The number of hydrogen-bond acceptors (Lipinski definition) is 2. The van der Waals surface area contributed by atoms with E-state index in [1.807, 2.05) is 19.1 Å². The Balaban J connectivity index is 2.01. The van der Waals surface area contributed by atoms with Crippen LogP contribution in [0, 0.1) is 12.7 Å². The number of halogens is 2. The van der Waals surface area contributed by atoms with Gasteiger partial charge in [0.1, 0.15) is 5.82 Å². The Morgan fingerprint density at radius 2 is 1.83 bits per heavy atom. The zero-order valence-corrected chi connectivity index (χ0v) is 14.4. The van der Waals surface area contributed by atoms with Crippen LogP contribution in [0.1, 0.15) is 15.9 Å². The molecule has 23 heavy (non-hydrogen) atoms. The first-order valence-electron chi connectivity index (χ1n) is 6.94. The van der Waals surface area contributed by atoms with Crippen molar-refractivity contribution in [2.45, 2.75) is 6.92 Å². The van der Waals surface area contributed by atoms with E-state index < -0.39 is 11.7 Å². The Morgan fingerprint density at radius 1 is 1.17 bits per heavy atom. The number of aryl methyl sites for hydroxylation is 1. The summed E-state index contributed by atoms with van der Waals surface area (Å²) in [5.74, 6) is -1.52. The van der Waals surface area contributed by atoms with E-state index in [0.717, 1.165) is 5.56 Å². The van der Waals surface area contributed by atoms with Crippen LogP contribution in [0.4, 0.5) is 10.1 Å². The summed E-state index contributed by atoms with van der Waals surface area (Å²) in [5, 5.41) is 2.70. The van der Waals surface area contributed by atoms with Crippen molar-refractivity contribution >= 4 is 33.4 Å². The van der Waals surface area contributed by atoms with E-state index in [1.165, 1.54) is 30.1 Å². The van der Waals surface area contributed by atoms with E-state index in [9.17, 15) is 14.0 Å². The number of hydrogen-bond donors (Lipinski definition) is 1. The maximum absolute atomic E-state index is 13.7. The van der Waals surface area contributed by atoms with Crippen LogP contribution in [0.2, 0.25) is 0 Å². The smallest absolute Gasteiger partial charge is 0.257 e. The quantitative estimate of drug-likeness (QED) is 0.883. The second-order valence-corrected chi connectivity index (χ2v) is 6.12. The predicted molar refractivity (Wildman–Crippen MR) is 90.9 cm³/mol. The van der Waals surface area contributed by atoms with Crippen LogP contribution < -0.4 is 5.32 Å². The van der Waals surface area contributed by atoms with Gasteiger partial charge in [0.05, 0.1) is 12.1 Å². The molecule has 6 heteroatoms. The maximum atomic E-state index is 13.7. The Kier molecular flexibility index (Phi) is 5.50. The molecule has 0 unspecified atom stereocenters. The number of benzene rings is 2. The molecule has 2 aromatic carbocycles. The first-order chi connectivity index (χ1) is 10.9. The van der Waals surface area contributed by atoms with Gasteiger partial charge in [-0.15, -0.1) is 0 Å². The lowest BCUT2D eigenvalue weighted by Crippen LogP contribution is -2.35. The standard InChI is InChI=1S/C17H16BrFN2O2/c1-11-3-6-13(7-4-11)20-16(22)10-21(2)17(23)14-9-12(18)5-8-15(14)19/h3-9H,10H2,1-2H3,(H,20,22). The molecule has 0 aliphatic heterocycles. The molecule has 0 fully saturated rings. The summed E-state index contributed by atoms with van der Waals surface area (Å²) in [4.78, 5) is 25.4. The first-order valence-corrected chi connectivity index (χ1v) is 7.73. The lowest BCUT2D eigenvalue weighted by Gasteiger charge is -2.17. The molecule has 0 saturated carbocycles. The summed E-state index contributed by atoms with van der Waals surface area (Å²) in [7, 11) is 1.46. The second-order valence-electron chi connectivity index (χ2n) is 5.20. The predicted octanol–water partition coefficient (Wildman–Crippen LogP) is 3.61. The van der Waals surface area contributed by atoms with Gasteiger partial charge in [-0.05, 0) is 37.3 Å². The molecule has 4 nitrogen and oxygen atoms in total. The van der Waals surface area contributed by atoms with E-state index in [0.29, 0.717) is 10.2 Å². The molecule has 0 aromatic heterocycles. The van der Waals surface area contributed by atoms with Gasteiger partial charge < -0.3 is 10.2 Å². The highest BCUT2D eigenvalue weighted by Gasteiger charge is 2.18. The maximum Gasteiger partial charge on any atom is 0.257 e. The number of amides is 2. The van der Waals surface area contributed by atoms with Crippen LogP contribution in [-0.4, -0.2) is 30.3 Å². The highest BCUT2D eigenvalue weighted by molar-refractivity contribution is 9.10. The molecule has 2 rings (SSSR count). The van der Waals surface area contributed by atoms with Crippen molar-refractivity contribution in [2.24, 2.45) is 0 Å². The number of carbonyl (C=O) groups excluding carboxylic acids is 2. The summed E-state index contributed by atoms with van der Waals surface area (Å²) < 4.78 is 14.3. The van der Waals surface area contributed by atoms with Crippen molar-refractivity contribution in [3.05, 3.63) is 63.9 Å². The van der Waals surface area contributed by atoms with Gasteiger partial charge in [0.15, 0.2) is 0 Å². The molecule has 0 aliphatic rings. The van der Waals surface area contributed by atoms with Gasteiger partial charge in [-0.25, -0.2) is 4.39 Å². The molecule has 1 N–H and O–H groups in total. The Morgan fingerprint density at radius 3 is 2.48 bits per heavy atom. The van der Waals surface area contributed by atoms with Gasteiger partial charge in [0.2, 0.25) is 5.91 Å². The van der Waals surface area contributed by atoms with Crippen molar-refractivity contribution in [3.8, 4) is 0 Å². The van der Waals surface area contributed by atoms with E-state index in [4.69, 9.17) is 0 Å². The zero-order chi connectivity index (χ0) is 17.0. The number of rotatable bonds is 4. The summed E-state index contributed by atoms with van der Waals surface area (Å²) in [6, 6.07) is 11.4. The number of carbonyl (C=O) groups is 2. The van der Waals surface area contributed by atoms with Crippen LogP contribution in [0.15, 0.2) is 46.9 Å². The summed E-state index contributed by atoms with van der Waals surface area (Å²) >= 11 is 3.20. The van der Waals surface area contributed by atoms with E-state index in [2.05, 4.69) is 21.2 Å². The lowest BCUT2D eigenvalue weighted by molar-refractivity contribution is -0.116. The second kappa shape index (κ2) is 7.37. The summed E-state index contributed by atoms with van der Waals surface area (Å²) in [5.41, 5.74) is 1.65. The highest BCUT2D eigenvalue weighted by Crippen LogP contribution is 2.17. The summed E-state index contributed by atoms with van der Waals surface area (Å²) in [6.45, 7) is 1.78. The van der Waals surface area contributed by atoms with Crippen molar-refractivity contribution in [1.29, 1.82) is 0 Å². The highest BCUT2D eigenvalue weighted by atomic mass is 79.9. The van der Waals surface area contributed by atoms with Crippen molar-refractivity contribution in [3.63, 3.8) is 0 Å². The van der Waals surface area contributed by atoms with Gasteiger partial charge >= 0.3 is 0 Å². The van der Waals surface area contributed by atoms with E-state index >= 15 is 0 Å². The molecule has 0 bridgehead atoms. The van der Waals surface area contributed by atoms with Crippen LogP contribution in [0.3, 0.4) is 0 Å². The Hall–Kier alpha value is -2.21. The van der Waals surface area contributed by atoms with E-state index in [1.54, 1.807) is 12.1 Å². The largest absolute Gasteiger partial charge is 0.332 e. The molecular formula is C17H16BrFN2O2. The molecule has 0 atom stereocenters. The molecule has 0 heterocycles.